The van der Waals surface area contributed by atoms with Crippen LogP contribution < -0.4 is 15.2 Å². The predicted octanol–water partition coefficient (Wildman–Crippen LogP) is 3.35. The maximum Gasteiger partial charge on any atom is 0.254 e. The van der Waals surface area contributed by atoms with E-state index in [2.05, 4.69) is 4.98 Å². The summed E-state index contributed by atoms with van der Waals surface area (Å²) in [7, 11) is 1.58. The van der Waals surface area contributed by atoms with Gasteiger partial charge in [-0.15, -0.1) is 0 Å². The Kier molecular flexibility index (Phi) is 5.35. The van der Waals surface area contributed by atoms with Crippen LogP contribution in [0.1, 0.15) is 16.2 Å². The molecule has 0 unspecified atom stereocenters. The first-order chi connectivity index (χ1) is 13.0. The fourth-order valence-corrected chi connectivity index (χ4v) is 2.44. The summed E-state index contributed by atoms with van der Waals surface area (Å²) < 4.78 is 43.3. The lowest BCUT2D eigenvalue weighted by Gasteiger charge is -2.08. The molecule has 0 aliphatic carbocycles. The van der Waals surface area contributed by atoms with Crippen LogP contribution >= 0.6 is 0 Å². The summed E-state index contributed by atoms with van der Waals surface area (Å²) in [5.41, 5.74) is 5.63. The zero-order chi connectivity index (χ0) is 19.4. The van der Waals surface area contributed by atoms with Crippen molar-refractivity contribution >= 4 is 5.91 Å². The van der Waals surface area contributed by atoms with Crippen molar-refractivity contribution < 1.29 is 27.5 Å². The third kappa shape index (κ3) is 4.05. The van der Waals surface area contributed by atoms with Gasteiger partial charge in [-0.1, -0.05) is 0 Å². The van der Waals surface area contributed by atoms with Crippen LogP contribution in [0.2, 0.25) is 0 Å². The Morgan fingerprint density at radius 1 is 1.19 bits per heavy atom. The first-order valence-electron chi connectivity index (χ1n) is 7.99. The van der Waals surface area contributed by atoms with Crippen molar-refractivity contribution in [2.75, 3.05) is 13.7 Å². The zero-order valence-corrected chi connectivity index (χ0v) is 14.4. The highest BCUT2D eigenvalue weighted by Crippen LogP contribution is 2.24. The van der Waals surface area contributed by atoms with Crippen molar-refractivity contribution in [3.63, 3.8) is 0 Å². The number of nitrogens with two attached hydrogens (primary N) is 1. The largest absolute Gasteiger partial charge is 0.497 e. The highest BCUT2D eigenvalue weighted by molar-refractivity contribution is 5.93. The highest BCUT2D eigenvalue weighted by atomic mass is 19.1. The Balaban J connectivity index is 1.64. The molecule has 0 saturated heterocycles. The van der Waals surface area contributed by atoms with Crippen molar-refractivity contribution in [2.24, 2.45) is 5.73 Å². The second-order valence-electron chi connectivity index (χ2n) is 5.55. The molecular formula is C19H16F2N2O4. The molecule has 0 spiro atoms. The maximum atomic E-state index is 14.1. The average Bonchev–Trinajstić information content (AvgIpc) is 3.12. The van der Waals surface area contributed by atoms with Crippen LogP contribution in [0.5, 0.6) is 11.5 Å². The fourth-order valence-electron chi connectivity index (χ4n) is 2.44. The molecule has 2 aromatic carbocycles. The first-order valence-corrected chi connectivity index (χ1v) is 7.99. The summed E-state index contributed by atoms with van der Waals surface area (Å²) in [6, 6.07) is 9.31. The fraction of sp³-hybridized carbons (Fsp3) is 0.158. The summed E-state index contributed by atoms with van der Waals surface area (Å²) >= 11 is 0. The molecule has 0 saturated carbocycles. The maximum absolute atomic E-state index is 14.1. The molecule has 0 bridgehead atoms. The summed E-state index contributed by atoms with van der Waals surface area (Å²) in [5.74, 6) is -2.52. The molecule has 0 radical (unpaired) electrons. The van der Waals surface area contributed by atoms with Gasteiger partial charge < -0.3 is 19.6 Å². The molecule has 3 rings (SSSR count). The van der Waals surface area contributed by atoms with E-state index < -0.39 is 23.1 Å². The van der Waals surface area contributed by atoms with E-state index in [-0.39, 0.29) is 18.8 Å². The third-order valence-corrected chi connectivity index (χ3v) is 3.81. The second-order valence-corrected chi connectivity index (χ2v) is 5.55. The minimum Gasteiger partial charge on any atom is -0.497 e. The molecule has 6 nitrogen and oxygen atoms in total. The lowest BCUT2D eigenvalue weighted by molar-refractivity contribution is 0.0991. The van der Waals surface area contributed by atoms with Crippen molar-refractivity contribution in [3.8, 4) is 22.8 Å². The van der Waals surface area contributed by atoms with Crippen LogP contribution in [-0.4, -0.2) is 24.6 Å². The van der Waals surface area contributed by atoms with Gasteiger partial charge in [0.25, 0.3) is 5.91 Å². The Hall–Kier alpha value is -3.42. The molecule has 1 heterocycles. The summed E-state index contributed by atoms with van der Waals surface area (Å²) in [6.45, 7) is 0.0172. The van der Waals surface area contributed by atoms with E-state index >= 15 is 0 Å². The number of ether oxygens (including phenoxy) is 2. The van der Waals surface area contributed by atoms with E-state index in [9.17, 15) is 13.6 Å². The zero-order valence-electron chi connectivity index (χ0n) is 14.4. The Labute approximate surface area is 153 Å². The predicted molar refractivity (Wildman–Crippen MR) is 92.6 cm³/mol. The SMILES string of the molecule is COc1ccc(-c2coc(CCOc3ccc(F)c(C(N)=O)c3F)n2)cc1. The van der Waals surface area contributed by atoms with E-state index in [1.54, 1.807) is 19.2 Å². The van der Waals surface area contributed by atoms with Crippen LogP contribution in [-0.2, 0) is 6.42 Å². The smallest absolute Gasteiger partial charge is 0.254 e. The van der Waals surface area contributed by atoms with Crippen molar-refractivity contribution in [1.82, 2.24) is 4.98 Å². The molecular weight excluding hydrogens is 358 g/mol. The van der Waals surface area contributed by atoms with Gasteiger partial charge in [0, 0.05) is 5.56 Å². The first kappa shape index (κ1) is 18.4. The number of carbonyl (C=O) groups excluding carboxylic acids is 1. The van der Waals surface area contributed by atoms with Crippen LogP contribution in [0.15, 0.2) is 47.1 Å². The molecule has 1 amide bonds. The van der Waals surface area contributed by atoms with Crippen LogP contribution in [0.3, 0.4) is 0 Å². The molecule has 140 valence electrons. The standard InChI is InChI=1S/C19H16F2N2O4/c1-25-12-4-2-11(3-5-12)14-10-27-16(23-14)8-9-26-15-7-6-13(20)17(18(15)21)19(22)24/h2-7,10H,8-9H2,1H3,(H2,22,24). The number of primary amides is 1. The molecule has 2 N–H and O–H groups in total. The van der Waals surface area contributed by atoms with E-state index in [1.807, 2.05) is 12.1 Å². The molecule has 0 fully saturated rings. The molecule has 27 heavy (non-hydrogen) atoms. The number of amides is 1. The van der Waals surface area contributed by atoms with E-state index in [0.29, 0.717) is 11.6 Å². The van der Waals surface area contributed by atoms with Crippen molar-refractivity contribution in [1.29, 1.82) is 0 Å². The second kappa shape index (κ2) is 7.86. The van der Waals surface area contributed by atoms with Gasteiger partial charge in [0.05, 0.1) is 20.1 Å². The lowest BCUT2D eigenvalue weighted by Crippen LogP contribution is -2.16. The van der Waals surface area contributed by atoms with Crippen molar-refractivity contribution in [2.45, 2.75) is 6.42 Å². The van der Waals surface area contributed by atoms with E-state index in [1.165, 1.54) is 6.26 Å². The number of nitrogens with zero attached hydrogens (tertiary/aromatic N) is 1. The van der Waals surface area contributed by atoms with Gasteiger partial charge in [0.1, 0.15) is 29.1 Å². The van der Waals surface area contributed by atoms with Crippen LogP contribution in [0, 0.1) is 11.6 Å². The number of halogens is 2. The molecule has 0 atom stereocenters. The Morgan fingerprint density at radius 2 is 1.93 bits per heavy atom. The summed E-state index contributed by atoms with van der Waals surface area (Å²) in [6.07, 6.45) is 1.75. The number of aromatic nitrogens is 1. The van der Waals surface area contributed by atoms with Gasteiger partial charge in [0.2, 0.25) is 0 Å². The van der Waals surface area contributed by atoms with Gasteiger partial charge in [-0.2, -0.15) is 0 Å². The number of benzene rings is 2. The molecule has 1 aromatic heterocycles. The van der Waals surface area contributed by atoms with Gasteiger partial charge in [-0.3, -0.25) is 4.79 Å². The minimum atomic E-state index is -1.20. The van der Waals surface area contributed by atoms with Gasteiger partial charge in [-0.05, 0) is 36.4 Å². The molecule has 3 aromatic rings. The minimum absolute atomic E-state index is 0.0172. The summed E-state index contributed by atoms with van der Waals surface area (Å²) in [5, 5.41) is 0. The third-order valence-electron chi connectivity index (χ3n) is 3.81. The normalized spacial score (nSPS) is 10.6. The van der Waals surface area contributed by atoms with Gasteiger partial charge >= 0.3 is 0 Å². The highest BCUT2D eigenvalue weighted by Gasteiger charge is 2.19. The number of hydrogen-bond donors (Lipinski definition) is 1. The number of hydrogen-bond acceptors (Lipinski definition) is 5. The van der Waals surface area contributed by atoms with E-state index in [0.717, 1.165) is 23.4 Å². The molecule has 8 heteroatoms. The average molecular weight is 374 g/mol. The lowest BCUT2D eigenvalue weighted by atomic mass is 10.1. The number of methoxy groups -OCH3 is 1. The monoisotopic (exact) mass is 374 g/mol. The van der Waals surface area contributed by atoms with Crippen LogP contribution in [0.25, 0.3) is 11.3 Å². The number of oxazole rings is 1. The van der Waals surface area contributed by atoms with Crippen LogP contribution in [0.4, 0.5) is 8.78 Å². The van der Waals surface area contributed by atoms with Crippen molar-refractivity contribution in [3.05, 3.63) is 65.7 Å². The van der Waals surface area contributed by atoms with Gasteiger partial charge in [-0.25, -0.2) is 13.8 Å². The molecule has 0 aliphatic heterocycles. The Morgan fingerprint density at radius 3 is 2.59 bits per heavy atom. The Bertz CT molecular complexity index is 955. The topological polar surface area (TPSA) is 87.6 Å². The quantitative estimate of drug-likeness (QED) is 0.685. The number of carbonyl (C=O) groups is 1. The number of rotatable bonds is 7. The van der Waals surface area contributed by atoms with Gasteiger partial charge in [0.15, 0.2) is 17.5 Å². The summed E-state index contributed by atoms with van der Waals surface area (Å²) in [4.78, 5) is 15.5. The molecule has 0 aliphatic rings. The van der Waals surface area contributed by atoms with E-state index in [4.69, 9.17) is 19.6 Å².